The van der Waals surface area contributed by atoms with Gasteiger partial charge in [-0.1, -0.05) is 50.2 Å². The van der Waals surface area contributed by atoms with Gasteiger partial charge in [0, 0.05) is 5.69 Å². The Hall–Kier alpha value is -1.87. The fourth-order valence-electron chi connectivity index (χ4n) is 2.57. The lowest BCUT2D eigenvalue weighted by atomic mass is 9.93. The van der Waals surface area contributed by atoms with Crippen LogP contribution in [-0.2, 0) is 0 Å². The molecule has 116 valence electrons. The number of thiocarbonyl (C=S) groups is 1. The first kappa shape index (κ1) is 16.5. The number of hydrogen-bond donors (Lipinski definition) is 2. The van der Waals surface area contributed by atoms with Crippen LogP contribution < -0.4 is 10.6 Å². The van der Waals surface area contributed by atoms with Gasteiger partial charge < -0.3 is 10.6 Å². The van der Waals surface area contributed by atoms with Crippen LogP contribution in [0.4, 0.5) is 5.69 Å². The second-order valence-corrected chi connectivity index (χ2v) is 6.45. The Kier molecular flexibility index (Phi) is 5.56. The Labute approximate surface area is 139 Å². The summed E-state index contributed by atoms with van der Waals surface area (Å²) in [6.45, 7) is 8.63. The van der Waals surface area contributed by atoms with Gasteiger partial charge in [-0.2, -0.15) is 0 Å². The zero-order valence-corrected chi connectivity index (χ0v) is 14.5. The molecule has 0 bridgehead atoms. The third kappa shape index (κ3) is 4.31. The molecule has 22 heavy (non-hydrogen) atoms. The van der Waals surface area contributed by atoms with Gasteiger partial charge in [0.25, 0.3) is 0 Å². The van der Waals surface area contributed by atoms with E-state index in [1.54, 1.807) is 0 Å². The first-order valence-electron chi connectivity index (χ1n) is 7.67. The summed E-state index contributed by atoms with van der Waals surface area (Å²) in [5.74, 6) is 0.443. The average Bonchev–Trinajstić information content (AvgIpc) is 2.45. The topological polar surface area (TPSA) is 24.1 Å². The molecule has 0 saturated carbocycles. The number of nitrogens with one attached hydrogen (secondary N) is 2. The molecule has 0 amide bonds. The van der Waals surface area contributed by atoms with Crippen LogP contribution in [0.25, 0.3) is 0 Å². The van der Waals surface area contributed by atoms with Crippen molar-refractivity contribution in [3.63, 3.8) is 0 Å². The maximum atomic E-state index is 5.50. The summed E-state index contributed by atoms with van der Waals surface area (Å²) in [4.78, 5) is 0. The highest BCUT2D eigenvalue weighted by atomic mass is 32.1. The first-order chi connectivity index (χ1) is 10.5. The number of hydrogen-bond acceptors (Lipinski definition) is 1. The van der Waals surface area contributed by atoms with Crippen LogP contribution in [0.3, 0.4) is 0 Å². The molecule has 0 aromatic heterocycles. The highest BCUT2D eigenvalue weighted by molar-refractivity contribution is 7.80. The van der Waals surface area contributed by atoms with Crippen LogP contribution in [0.15, 0.2) is 48.5 Å². The maximum Gasteiger partial charge on any atom is 0.171 e. The van der Waals surface area contributed by atoms with E-state index in [9.17, 15) is 0 Å². The number of anilines is 1. The summed E-state index contributed by atoms with van der Waals surface area (Å²) < 4.78 is 0. The molecule has 0 saturated heterocycles. The largest absolute Gasteiger partial charge is 0.355 e. The summed E-state index contributed by atoms with van der Waals surface area (Å²) in [7, 11) is 0. The molecule has 0 fully saturated rings. The second-order valence-electron chi connectivity index (χ2n) is 6.05. The molecule has 0 aliphatic heterocycles. The van der Waals surface area contributed by atoms with Crippen molar-refractivity contribution in [1.82, 2.24) is 5.32 Å². The predicted octanol–water partition coefficient (Wildman–Crippen LogP) is 4.99. The van der Waals surface area contributed by atoms with Gasteiger partial charge in [0.1, 0.15) is 0 Å². The minimum Gasteiger partial charge on any atom is -0.355 e. The second kappa shape index (κ2) is 7.41. The van der Waals surface area contributed by atoms with Gasteiger partial charge in [0.15, 0.2) is 5.11 Å². The van der Waals surface area contributed by atoms with Gasteiger partial charge in [0.2, 0.25) is 0 Å². The zero-order valence-electron chi connectivity index (χ0n) is 13.7. The van der Waals surface area contributed by atoms with Gasteiger partial charge in [0.05, 0.1) is 6.04 Å². The van der Waals surface area contributed by atoms with E-state index in [2.05, 4.69) is 74.7 Å². The minimum atomic E-state index is 0.200. The molecule has 2 aromatic carbocycles. The van der Waals surface area contributed by atoms with Crippen molar-refractivity contribution in [2.75, 3.05) is 5.32 Å². The van der Waals surface area contributed by atoms with Crippen LogP contribution in [-0.4, -0.2) is 5.11 Å². The molecule has 0 aliphatic rings. The molecule has 2 nitrogen and oxygen atoms in total. The maximum absolute atomic E-state index is 5.50. The Morgan fingerprint density at radius 1 is 1.00 bits per heavy atom. The minimum absolute atomic E-state index is 0.200. The van der Waals surface area contributed by atoms with E-state index < -0.39 is 0 Å². The van der Waals surface area contributed by atoms with Crippen molar-refractivity contribution in [2.24, 2.45) is 5.92 Å². The molecular weight excluding hydrogens is 288 g/mol. The molecule has 1 atom stereocenters. The van der Waals surface area contributed by atoms with Crippen molar-refractivity contribution in [3.05, 3.63) is 65.2 Å². The molecule has 2 rings (SSSR count). The van der Waals surface area contributed by atoms with Crippen molar-refractivity contribution in [2.45, 2.75) is 33.7 Å². The fourth-order valence-corrected chi connectivity index (χ4v) is 2.82. The Morgan fingerprint density at radius 2 is 1.73 bits per heavy atom. The van der Waals surface area contributed by atoms with Crippen molar-refractivity contribution in [3.8, 4) is 0 Å². The number of rotatable bonds is 4. The zero-order chi connectivity index (χ0) is 16.1. The van der Waals surface area contributed by atoms with E-state index in [0.29, 0.717) is 11.0 Å². The Bertz CT molecular complexity index is 649. The van der Waals surface area contributed by atoms with Crippen LogP contribution in [0.2, 0.25) is 0 Å². The standard InChI is InChI=1S/C19H24N2S/c1-13(2)18(17-11-6-5-9-15(17)4)21-19(22)20-16-10-7-8-14(3)12-16/h5-13,18H,1-4H3,(H2,20,21,22). The van der Waals surface area contributed by atoms with Gasteiger partial charge in [-0.3, -0.25) is 0 Å². The van der Waals surface area contributed by atoms with E-state index in [0.717, 1.165) is 5.69 Å². The molecule has 0 radical (unpaired) electrons. The lowest BCUT2D eigenvalue weighted by molar-refractivity contribution is 0.471. The van der Waals surface area contributed by atoms with Gasteiger partial charge in [-0.15, -0.1) is 0 Å². The number of benzene rings is 2. The molecule has 3 heteroatoms. The van der Waals surface area contributed by atoms with Gasteiger partial charge in [-0.25, -0.2) is 0 Å². The predicted molar refractivity (Wildman–Crippen MR) is 99.3 cm³/mol. The molecule has 2 aromatic rings. The van der Waals surface area contributed by atoms with Crippen molar-refractivity contribution in [1.29, 1.82) is 0 Å². The normalized spacial score (nSPS) is 12.0. The fraction of sp³-hybridized carbons (Fsp3) is 0.316. The number of aryl methyl sites for hydroxylation is 2. The summed E-state index contributed by atoms with van der Waals surface area (Å²) in [6.07, 6.45) is 0. The highest BCUT2D eigenvalue weighted by Crippen LogP contribution is 2.24. The lowest BCUT2D eigenvalue weighted by Gasteiger charge is -2.26. The van der Waals surface area contributed by atoms with E-state index in [1.165, 1.54) is 16.7 Å². The SMILES string of the molecule is Cc1cccc(NC(=S)NC(c2ccccc2C)C(C)C)c1. The third-order valence-electron chi connectivity index (χ3n) is 3.75. The van der Waals surface area contributed by atoms with E-state index in [-0.39, 0.29) is 6.04 Å². The van der Waals surface area contributed by atoms with Crippen LogP contribution >= 0.6 is 12.2 Å². The van der Waals surface area contributed by atoms with Crippen molar-refractivity contribution >= 4 is 23.0 Å². The summed E-state index contributed by atoms with van der Waals surface area (Å²) >= 11 is 5.50. The Morgan fingerprint density at radius 3 is 2.36 bits per heavy atom. The van der Waals surface area contributed by atoms with Crippen LogP contribution in [0, 0.1) is 19.8 Å². The highest BCUT2D eigenvalue weighted by Gasteiger charge is 2.18. The van der Waals surface area contributed by atoms with E-state index in [4.69, 9.17) is 12.2 Å². The van der Waals surface area contributed by atoms with Crippen molar-refractivity contribution < 1.29 is 0 Å². The quantitative estimate of drug-likeness (QED) is 0.778. The molecular formula is C19H24N2S. The lowest BCUT2D eigenvalue weighted by Crippen LogP contribution is -2.35. The van der Waals surface area contributed by atoms with Gasteiger partial charge >= 0.3 is 0 Å². The third-order valence-corrected chi connectivity index (χ3v) is 3.97. The molecule has 0 aliphatic carbocycles. The molecule has 1 unspecified atom stereocenters. The van der Waals surface area contributed by atoms with E-state index in [1.807, 2.05) is 12.1 Å². The van der Waals surface area contributed by atoms with Crippen LogP contribution in [0.1, 0.15) is 36.6 Å². The molecule has 0 spiro atoms. The smallest absolute Gasteiger partial charge is 0.171 e. The molecule has 2 N–H and O–H groups in total. The summed E-state index contributed by atoms with van der Waals surface area (Å²) in [5.41, 5.74) is 4.81. The summed E-state index contributed by atoms with van der Waals surface area (Å²) in [5, 5.41) is 7.40. The Balaban J connectivity index is 2.11. The monoisotopic (exact) mass is 312 g/mol. The average molecular weight is 312 g/mol. The van der Waals surface area contributed by atoms with Crippen LogP contribution in [0.5, 0.6) is 0 Å². The van der Waals surface area contributed by atoms with Gasteiger partial charge in [-0.05, 0) is 60.8 Å². The molecule has 0 heterocycles. The first-order valence-corrected chi connectivity index (χ1v) is 8.08. The summed E-state index contributed by atoms with van der Waals surface area (Å²) in [6, 6.07) is 16.9. The van der Waals surface area contributed by atoms with E-state index >= 15 is 0 Å².